The number of nitrogens with one attached hydrogen (secondary N) is 2. The number of hydrogen-bond donors (Lipinski definition) is 2. The maximum atomic E-state index is 13.0. The molecule has 4 rings (SSSR count). The summed E-state index contributed by atoms with van der Waals surface area (Å²) in [4.78, 5) is 31.7. The van der Waals surface area contributed by atoms with Crippen LogP contribution in [0, 0.1) is 12.8 Å². The minimum absolute atomic E-state index is 0.0268. The van der Waals surface area contributed by atoms with Gasteiger partial charge in [0.15, 0.2) is 0 Å². The largest absolute Gasteiger partial charge is 0.497 e. The molecule has 1 saturated carbocycles. The van der Waals surface area contributed by atoms with Gasteiger partial charge in [-0.3, -0.25) is 14.7 Å². The molecule has 0 spiro atoms. The highest BCUT2D eigenvalue weighted by Gasteiger charge is 2.28. The topological polar surface area (TPSA) is 88.5 Å². The van der Waals surface area contributed by atoms with E-state index >= 15 is 0 Å². The number of carbonyl (C=O) groups excluding carboxylic acids is 2. The molecule has 1 aromatic heterocycles. The Balaban J connectivity index is 1.59. The summed E-state index contributed by atoms with van der Waals surface area (Å²) in [7, 11) is 1.63. The number of anilines is 1. The number of aryl methyl sites for hydroxylation is 1. The number of carbonyl (C=O) groups is 2. The van der Waals surface area contributed by atoms with E-state index in [0.29, 0.717) is 25.0 Å². The van der Waals surface area contributed by atoms with Crippen LogP contribution in [0.1, 0.15) is 25.3 Å². The Morgan fingerprint density at radius 3 is 2.44 bits per heavy atom. The molecule has 0 unspecified atom stereocenters. The number of nitrogens with zero attached hydrogens (tertiary/aromatic N) is 3. The first-order valence-corrected chi connectivity index (χ1v) is 11.6. The van der Waals surface area contributed by atoms with Crippen LogP contribution in [0.25, 0.3) is 16.9 Å². The van der Waals surface area contributed by atoms with Crippen molar-refractivity contribution >= 4 is 17.9 Å². The lowest BCUT2D eigenvalue weighted by Gasteiger charge is -2.22. The molecule has 1 aliphatic carbocycles. The number of amides is 3. The Morgan fingerprint density at radius 1 is 1.12 bits per heavy atom. The van der Waals surface area contributed by atoms with Gasteiger partial charge in [0.1, 0.15) is 12.3 Å². The molecule has 178 valence electrons. The van der Waals surface area contributed by atoms with Crippen molar-refractivity contribution in [1.82, 2.24) is 19.8 Å². The molecule has 2 N–H and O–H groups in total. The third-order valence-electron chi connectivity index (χ3n) is 5.78. The Labute approximate surface area is 199 Å². The SMILES string of the molecule is CCNC(=O)N(CC(=O)Nc1nc(-c2ccc(OC)cc2)cn1-c1ccc(C)cc1)CC1CC1. The zero-order valence-electron chi connectivity index (χ0n) is 19.9. The first-order chi connectivity index (χ1) is 16.5. The summed E-state index contributed by atoms with van der Waals surface area (Å²) in [6.45, 7) is 4.97. The average Bonchev–Trinajstić information content (AvgIpc) is 3.57. The van der Waals surface area contributed by atoms with Crippen molar-refractivity contribution in [2.24, 2.45) is 5.92 Å². The second-order valence-electron chi connectivity index (χ2n) is 8.59. The summed E-state index contributed by atoms with van der Waals surface area (Å²) in [5.74, 6) is 1.36. The van der Waals surface area contributed by atoms with Crippen molar-refractivity contribution in [3.8, 4) is 22.7 Å². The fourth-order valence-electron chi connectivity index (χ4n) is 3.70. The van der Waals surface area contributed by atoms with Gasteiger partial charge in [0, 0.05) is 30.5 Å². The summed E-state index contributed by atoms with van der Waals surface area (Å²) in [5, 5.41) is 5.73. The highest BCUT2D eigenvalue weighted by Crippen LogP contribution is 2.30. The van der Waals surface area contributed by atoms with Gasteiger partial charge in [-0.25, -0.2) is 9.78 Å². The van der Waals surface area contributed by atoms with E-state index in [2.05, 4.69) is 10.6 Å². The summed E-state index contributed by atoms with van der Waals surface area (Å²) in [6.07, 6.45) is 4.09. The van der Waals surface area contributed by atoms with E-state index in [0.717, 1.165) is 41.1 Å². The average molecular weight is 462 g/mol. The maximum Gasteiger partial charge on any atom is 0.317 e. The molecule has 3 aromatic rings. The van der Waals surface area contributed by atoms with Gasteiger partial charge in [0.25, 0.3) is 0 Å². The number of hydrogen-bond acceptors (Lipinski definition) is 4. The van der Waals surface area contributed by atoms with E-state index in [4.69, 9.17) is 9.72 Å². The fraction of sp³-hybridized carbons (Fsp3) is 0.346. The molecule has 0 radical (unpaired) electrons. The van der Waals surface area contributed by atoms with Gasteiger partial charge in [-0.05, 0) is 69.0 Å². The van der Waals surface area contributed by atoms with Crippen LogP contribution in [0.15, 0.2) is 54.7 Å². The molecule has 1 fully saturated rings. The summed E-state index contributed by atoms with van der Waals surface area (Å²) in [6, 6.07) is 15.4. The van der Waals surface area contributed by atoms with Crippen LogP contribution in [0.2, 0.25) is 0 Å². The van der Waals surface area contributed by atoms with Crippen LogP contribution in [0.4, 0.5) is 10.7 Å². The van der Waals surface area contributed by atoms with Crippen molar-refractivity contribution in [3.63, 3.8) is 0 Å². The third kappa shape index (κ3) is 5.75. The van der Waals surface area contributed by atoms with Crippen molar-refractivity contribution < 1.29 is 14.3 Å². The minimum atomic E-state index is -0.285. The van der Waals surface area contributed by atoms with Crippen molar-refractivity contribution in [2.75, 3.05) is 32.1 Å². The Kier molecular flexibility index (Phi) is 7.15. The Hall–Kier alpha value is -3.81. The van der Waals surface area contributed by atoms with E-state index in [1.165, 1.54) is 0 Å². The van der Waals surface area contributed by atoms with E-state index in [1.807, 2.05) is 73.1 Å². The van der Waals surface area contributed by atoms with Crippen molar-refractivity contribution in [2.45, 2.75) is 26.7 Å². The molecule has 2 aromatic carbocycles. The molecule has 1 heterocycles. The number of rotatable bonds is 9. The molecule has 0 aliphatic heterocycles. The summed E-state index contributed by atoms with van der Waals surface area (Å²) >= 11 is 0. The minimum Gasteiger partial charge on any atom is -0.497 e. The van der Waals surface area contributed by atoms with Gasteiger partial charge in [-0.1, -0.05) is 17.7 Å². The van der Waals surface area contributed by atoms with E-state index in [1.54, 1.807) is 12.0 Å². The van der Waals surface area contributed by atoms with Gasteiger partial charge >= 0.3 is 6.03 Å². The molecule has 0 atom stereocenters. The van der Waals surface area contributed by atoms with Gasteiger partial charge < -0.3 is 15.0 Å². The van der Waals surface area contributed by atoms with Crippen LogP contribution >= 0.6 is 0 Å². The monoisotopic (exact) mass is 461 g/mol. The molecule has 8 nitrogen and oxygen atoms in total. The third-order valence-corrected chi connectivity index (χ3v) is 5.78. The molecule has 1 aliphatic rings. The van der Waals surface area contributed by atoms with E-state index in [-0.39, 0.29) is 18.5 Å². The number of urea groups is 1. The van der Waals surface area contributed by atoms with Crippen LogP contribution < -0.4 is 15.4 Å². The maximum absolute atomic E-state index is 13.0. The number of ether oxygens (including phenoxy) is 1. The highest BCUT2D eigenvalue weighted by atomic mass is 16.5. The zero-order chi connectivity index (χ0) is 24.1. The van der Waals surface area contributed by atoms with Gasteiger partial charge in [-0.2, -0.15) is 0 Å². The van der Waals surface area contributed by atoms with E-state index in [9.17, 15) is 9.59 Å². The summed E-state index contributed by atoms with van der Waals surface area (Å²) in [5.41, 5.74) is 3.64. The van der Waals surface area contributed by atoms with Crippen LogP contribution in [0.5, 0.6) is 5.75 Å². The number of imidazole rings is 1. The molecular formula is C26H31N5O3. The van der Waals surface area contributed by atoms with Crippen molar-refractivity contribution in [1.29, 1.82) is 0 Å². The number of methoxy groups -OCH3 is 1. The lowest BCUT2D eigenvalue weighted by atomic mass is 10.1. The fourth-order valence-corrected chi connectivity index (χ4v) is 3.70. The normalized spacial score (nSPS) is 12.8. The van der Waals surface area contributed by atoms with E-state index < -0.39 is 0 Å². The van der Waals surface area contributed by atoms with Crippen LogP contribution in [-0.2, 0) is 4.79 Å². The molecule has 3 amide bonds. The number of benzene rings is 2. The first kappa shape index (κ1) is 23.4. The molecule has 8 heteroatoms. The van der Waals surface area contributed by atoms with Gasteiger partial charge in [0.2, 0.25) is 11.9 Å². The molecule has 34 heavy (non-hydrogen) atoms. The second-order valence-corrected chi connectivity index (χ2v) is 8.59. The summed E-state index contributed by atoms with van der Waals surface area (Å²) < 4.78 is 7.11. The predicted molar refractivity (Wildman–Crippen MR) is 132 cm³/mol. The van der Waals surface area contributed by atoms with Crippen molar-refractivity contribution in [3.05, 3.63) is 60.3 Å². The molecular weight excluding hydrogens is 430 g/mol. The standard InChI is InChI=1S/C26H31N5O3/c1-4-27-26(33)30(15-19-7-8-19)17-24(32)29-25-28-23(20-9-13-22(34-3)14-10-20)16-31(25)21-11-5-18(2)6-12-21/h5-6,9-14,16,19H,4,7-8,15,17H2,1-3H3,(H,27,33)(H,28,29,32). The Morgan fingerprint density at radius 2 is 1.82 bits per heavy atom. The zero-order valence-corrected chi connectivity index (χ0v) is 19.9. The van der Waals surface area contributed by atoms with Gasteiger partial charge in [0.05, 0.1) is 12.8 Å². The van der Waals surface area contributed by atoms with Gasteiger partial charge in [-0.15, -0.1) is 0 Å². The van der Waals surface area contributed by atoms with Crippen LogP contribution in [-0.4, -0.2) is 53.1 Å². The van der Waals surface area contributed by atoms with Crippen LogP contribution in [0.3, 0.4) is 0 Å². The lowest BCUT2D eigenvalue weighted by Crippen LogP contribution is -2.45. The molecule has 0 saturated heterocycles. The quantitative estimate of drug-likeness (QED) is 0.499. The lowest BCUT2D eigenvalue weighted by molar-refractivity contribution is -0.116. The highest BCUT2D eigenvalue weighted by molar-refractivity contribution is 5.93. The first-order valence-electron chi connectivity index (χ1n) is 11.6. The molecule has 0 bridgehead atoms. The predicted octanol–water partition coefficient (Wildman–Crippen LogP) is 4.24. The number of aromatic nitrogens is 2. The Bertz CT molecular complexity index is 1130. The smallest absolute Gasteiger partial charge is 0.317 e. The second kappa shape index (κ2) is 10.4.